The highest BCUT2D eigenvalue weighted by Gasteiger charge is 2.46. The summed E-state index contributed by atoms with van der Waals surface area (Å²) in [6.07, 6.45) is 11.5. The molecule has 0 spiro atoms. The molecule has 3 N–H and O–H groups in total. The van der Waals surface area contributed by atoms with E-state index in [0.717, 1.165) is 47.6 Å². The van der Waals surface area contributed by atoms with Crippen LogP contribution in [0.2, 0.25) is 5.02 Å². The number of hydrogen-bond acceptors (Lipinski definition) is 7. The molecule has 46 heavy (non-hydrogen) atoms. The maximum absolute atomic E-state index is 13.7. The van der Waals surface area contributed by atoms with Crippen LogP contribution in [0.15, 0.2) is 48.8 Å². The number of aromatic nitrogens is 4. The second-order valence-corrected chi connectivity index (χ2v) is 12.2. The van der Waals surface area contributed by atoms with Gasteiger partial charge in [-0.25, -0.2) is 9.78 Å². The summed E-state index contributed by atoms with van der Waals surface area (Å²) >= 11 is 6.15. The number of anilines is 1. The standard InChI is InChI=1S/C34H35ClN6O5/c1-3-46-32-25(13-14-28(42)43)37-19-27(38-32)39-33(45)34(15-6-16-34)40-31(44)21-9-11-23-26(17-21)41(2)30(24-12-10-22(35)18-36-24)29(23)20-7-4-5-8-20/h9-14,17-20H,3-8,15-16H2,1-2H3,(H,40,44)(H,42,43)(H,38,39,45)/b14-13+. The van der Waals surface area contributed by atoms with Crippen molar-refractivity contribution >= 4 is 52.2 Å². The normalized spacial score (nSPS) is 16.0. The zero-order valence-electron chi connectivity index (χ0n) is 25.7. The van der Waals surface area contributed by atoms with Crippen LogP contribution in [0, 0.1) is 0 Å². The van der Waals surface area contributed by atoms with Crippen molar-refractivity contribution in [3.63, 3.8) is 0 Å². The van der Waals surface area contributed by atoms with Gasteiger partial charge >= 0.3 is 5.97 Å². The topological polar surface area (TPSA) is 148 Å². The second kappa shape index (κ2) is 12.9. The van der Waals surface area contributed by atoms with Gasteiger partial charge in [-0.2, -0.15) is 4.98 Å². The highest BCUT2D eigenvalue weighted by molar-refractivity contribution is 6.30. The molecule has 0 radical (unpaired) electrons. The third-order valence-corrected chi connectivity index (χ3v) is 9.13. The summed E-state index contributed by atoms with van der Waals surface area (Å²) < 4.78 is 7.61. The highest BCUT2D eigenvalue weighted by Crippen LogP contribution is 2.44. The fourth-order valence-electron chi connectivity index (χ4n) is 6.47. The third kappa shape index (κ3) is 6.06. The minimum atomic E-state index is -1.14. The summed E-state index contributed by atoms with van der Waals surface area (Å²) in [4.78, 5) is 51.3. The zero-order valence-corrected chi connectivity index (χ0v) is 26.4. The van der Waals surface area contributed by atoms with Crippen molar-refractivity contribution in [2.45, 2.75) is 63.3 Å². The fourth-order valence-corrected chi connectivity index (χ4v) is 6.59. The summed E-state index contributed by atoms with van der Waals surface area (Å²) in [5, 5.41) is 16.4. The molecular formula is C34H35ClN6O5. The fraction of sp³-hybridized carbons (Fsp3) is 0.353. The van der Waals surface area contributed by atoms with E-state index < -0.39 is 17.4 Å². The molecule has 2 aliphatic carbocycles. The van der Waals surface area contributed by atoms with E-state index in [2.05, 4.69) is 30.2 Å². The third-order valence-electron chi connectivity index (χ3n) is 8.90. The second-order valence-electron chi connectivity index (χ2n) is 11.8. The van der Waals surface area contributed by atoms with Crippen molar-refractivity contribution in [1.29, 1.82) is 0 Å². The van der Waals surface area contributed by atoms with E-state index in [0.29, 0.717) is 29.3 Å². The van der Waals surface area contributed by atoms with Gasteiger partial charge in [0.2, 0.25) is 5.88 Å². The van der Waals surface area contributed by atoms with Crippen molar-refractivity contribution in [2.24, 2.45) is 7.05 Å². The van der Waals surface area contributed by atoms with Gasteiger partial charge in [-0.1, -0.05) is 30.5 Å². The van der Waals surface area contributed by atoms with Gasteiger partial charge in [0.05, 0.1) is 29.2 Å². The molecular weight excluding hydrogens is 608 g/mol. The van der Waals surface area contributed by atoms with Crippen LogP contribution in [0.3, 0.4) is 0 Å². The predicted molar refractivity (Wildman–Crippen MR) is 175 cm³/mol. The van der Waals surface area contributed by atoms with Gasteiger partial charge in [0.25, 0.3) is 11.8 Å². The number of amides is 2. The van der Waals surface area contributed by atoms with E-state index >= 15 is 0 Å². The van der Waals surface area contributed by atoms with Crippen LogP contribution in [0.5, 0.6) is 5.88 Å². The molecule has 1 aromatic carbocycles. The molecule has 0 bridgehead atoms. The Labute approximate surface area is 271 Å². The number of halogens is 1. The van der Waals surface area contributed by atoms with Crippen LogP contribution < -0.4 is 15.4 Å². The van der Waals surface area contributed by atoms with Crippen LogP contribution >= 0.6 is 11.6 Å². The molecule has 11 nitrogen and oxygen atoms in total. The predicted octanol–water partition coefficient (Wildman–Crippen LogP) is 6.13. The number of aliphatic carboxylic acids is 1. The highest BCUT2D eigenvalue weighted by atomic mass is 35.5. The van der Waals surface area contributed by atoms with E-state index in [1.165, 1.54) is 30.7 Å². The van der Waals surface area contributed by atoms with Gasteiger partial charge in [-0.3, -0.25) is 14.6 Å². The maximum atomic E-state index is 13.7. The number of carboxylic acid groups (broad SMARTS) is 1. The molecule has 0 atom stereocenters. The summed E-state index contributed by atoms with van der Waals surface area (Å²) in [5.41, 5.74) is 3.60. The average Bonchev–Trinajstić information content (AvgIpc) is 3.65. The molecule has 2 saturated carbocycles. The minimum Gasteiger partial charge on any atom is -0.478 e. The Balaban J connectivity index is 1.26. The number of hydrogen-bond donors (Lipinski definition) is 3. The molecule has 12 heteroatoms. The van der Waals surface area contributed by atoms with E-state index in [9.17, 15) is 14.4 Å². The lowest BCUT2D eigenvalue weighted by Crippen LogP contribution is -2.61. The Morgan fingerprint density at radius 1 is 1.11 bits per heavy atom. The molecule has 6 rings (SSSR count). The van der Waals surface area contributed by atoms with Crippen LogP contribution in [-0.4, -0.2) is 54.6 Å². The van der Waals surface area contributed by atoms with Gasteiger partial charge in [-0.15, -0.1) is 0 Å². The number of carbonyl (C=O) groups is 3. The molecule has 2 amide bonds. The van der Waals surface area contributed by atoms with E-state index in [-0.39, 0.29) is 29.9 Å². The molecule has 0 saturated heterocycles. The first-order valence-corrected chi connectivity index (χ1v) is 15.9. The Morgan fingerprint density at radius 2 is 1.89 bits per heavy atom. The number of rotatable bonds is 10. The van der Waals surface area contributed by atoms with Crippen LogP contribution in [0.4, 0.5) is 5.82 Å². The summed E-state index contributed by atoms with van der Waals surface area (Å²) in [7, 11) is 2.00. The number of carbonyl (C=O) groups excluding carboxylic acids is 2. The van der Waals surface area contributed by atoms with Crippen molar-refractivity contribution in [3.8, 4) is 17.3 Å². The SMILES string of the molecule is CCOc1nc(NC(=O)C2(NC(=O)c3ccc4c(C5CCCC5)c(-c5ccc(Cl)cn5)n(C)c4c3)CCC2)cnc1/C=C/C(=O)O. The minimum absolute atomic E-state index is 0.0884. The molecule has 2 fully saturated rings. The summed E-state index contributed by atoms with van der Waals surface area (Å²) in [5.74, 6) is -1.26. The molecule has 3 aromatic heterocycles. The lowest BCUT2D eigenvalue weighted by Gasteiger charge is -2.40. The molecule has 0 aliphatic heterocycles. The van der Waals surface area contributed by atoms with Gasteiger partial charge in [0.15, 0.2) is 5.82 Å². The number of ether oxygens (including phenoxy) is 1. The summed E-state index contributed by atoms with van der Waals surface area (Å²) in [6.45, 7) is 2.03. The lowest BCUT2D eigenvalue weighted by molar-refractivity contribution is -0.131. The van der Waals surface area contributed by atoms with Gasteiger partial charge in [-0.05, 0) is 80.9 Å². The number of pyridine rings is 1. The lowest BCUT2D eigenvalue weighted by atomic mass is 9.75. The number of nitrogens with zero attached hydrogens (tertiary/aromatic N) is 4. The maximum Gasteiger partial charge on any atom is 0.328 e. The molecule has 2 aliphatic rings. The Bertz CT molecular complexity index is 1840. The Hall–Kier alpha value is -4.77. The molecule has 3 heterocycles. The largest absolute Gasteiger partial charge is 0.478 e. The Kier molecular flexibility index (Phi) is 8.77. The first kappa shape index (κ1) is 31.2. The zero-order chi connectivity index (χ0) is 32.4. The monoisotopic (exact) mass is 642 g/mol. The quantitative estimate of drug-likeness (QED) is 0.175. The number of carboxylic acids is 1. The number of fused-ring (bicyclic) bond motifs is 1. The summed E-state index contributed by atoms with van der Waals surface area (Å²) in [6, 6.07) is 9.49. The van der Waals surface area contributed by atoms with Crippen molar-refractivity contribution < 1.29 is 24.2 Å². The van der Waals surface area contributed by atoms with E-state index in [1.807, 2.05) is 37.4 Å². The number of aryl methyl sites for hydroxylation is 1. The van der Waals surface area contributed by atoms with Gasteiger partial charge in [0, 0.05) is 35.8 Å². The van der Waals surface area contributed by atoms with Crippen LogP contribution in [0.1, 0.15) is 79.4 Å². The smallest absolute Gasteiger partial charge is 0.328 e. The molecule has 238 valence electrons. The average molecular weight is 643 g/mol. The molecule has 4 aromatic rings. The Morgan fingerprint density at radius 3 is 2.54 bits per heavy atom. The van der Waals surface area contributed by atoms with E-state index in [4.69, 9.17) is 21.4 Å². The van der Waals surface area contributed by atoms with Crippen molar-refractivity contribution in [2.75, 3.05) is 11.9 Å². The first-order valence-electron chi connectivity index (χ1n) is 15.5. The van der Waals surface area contributed by atoms with Crippen molar-refractivity contribution in [1.82, 2.24) is 24.8 Å². The number of benzene rings is 1. The van der Waals surface area contributed by atoms with Gasteiger partial charge in [0.1, 0.15) is 11.2 Å². The van der Waals surface area contributed by atoms with Crippen LogP contribution in [0.25, 0.3) is 28.4 Å². The van der Waals surface area contributed by atoms with Gasteiger partial charge < -0.3 is 25.0 Å². The first-order chi connectivity index (χ1) is 22.2. The van der Waals surface area contributed by atoms with Crippen molar-refractivity contribution in [3.05, 3.63) is 70.6 Å². The van der Waals surface area contributed by atoms with Crippen LogP contribution in [-0.2, 0) is 16.6 Å². The molecule has 0 unspecified atom stereocenters. The number of nitrogens with one attached hydrogen (secondary N) is 2. The van der Waals surface area contributed by atoms with E-state index in [1.54, 1.807) is 13.1 Å².